The monoisotopic (exact) mass is 192 g/mol. The van der Waals surface area contributed by atoms with E-state index in [9.17, 15) is 18.0 Å². The van der Waals surface area contributed by atoms with Crippen LogP contribution in [0.1, 0.15) is 17.4 Å². The minimum Gasteiger partial charge on any atom is -0.328 e. The zero-order valence-electron chi connectivity index (χ0n) is 6.80. The van der Waals surface area contributed by atoms with E-state index in [4.69, 9.17) is 0 Å². The summed E-state index contributed by atoms with van der Waals surface area (Å²) in [6.07, 6.45) is -2.72. The summed E-state index contributed by atoms with van der Waals surface area (Å²) in [5, 5.41) is 0. The first-order chi connectivity index (χ1) is 5.96. The topological polar surface area (TPSA) is 34.9 Å². The number of halogens is 3. The first-order valence-electron chi connectivity index (χ1n) is 3.58. The van der Waals surface area contributed by atoms with Gasteiger partial charge in [0.15, 0.2) is 0 Å². The molecule has 0 fully saturated rings. The molecule has 0 saturated heterocycles. The van der Waals surface area contributed by atoms with Crippen LogP contribution >= 0.6 is 0 Å². The molecule has 0 amide bonds. The van der Waals surface area contributed by atoms with Crippen LogP contribution in [0.25, 0.3) is 0 Å². The Kier molecular flexibility index (Phi) is 2.40. The Morgan fingerprint density at radius 3 is 2.69 bits per heavy atom. The second kappa shape index (κ2) is 3.20. The Labute approximate surface area is 72.2 Å². The number of aromatic nitrogens is 2. The summed E-state index contributed by atoms with van der Waals surface area (Å²) in [7, 11) is 0. The number of carbonyl (C=O) groups is 1. The zero-order valence-corrected chi connectivity index (χ0v) is 6.80. The van der Waals surface area contributed by atoms with E-state index < -0.39 is 17.7 Å². The quantitative estimate of drug-likeness (QED) is 0.667. The molecule has 0 aliphatic carbocycles. The molecule has 0 spiro atoms. The second-order valence-corrected chi connectivity index (χ2v) is 2.39. The van der Waals surface area contributed by atoms with Crippen molar-refractivity contribution in [3.05, 3.63) is 18.2 Å². The van der Waals surface area contributed by atoms with E-state index in [1.54, 1.807) is 6.92 Å². The molecule has 1 rings (SSSR count). The first kappa shape index (κ1) is 9.76. The molecule has 0 aromatic carbocycles. The number of ketones is 1. The lowest BCUT2D eigenvalue weighted by Crippen LogP contribution is -2.25. The third kappa shape index (κ3) is 1.88. The standard InChI is InChI=1S/C7H7F3N2O/c1-2-12-4-11-3-5(12)6(13)7(8,9)10/h3-4H,2H2,1H3. The highest BCUT2D eigenvalue weighted by molar-refractivity contribution is 5.98. The van der Waals surface area contributed by atoms with Crippen LogP contribution in [0.5, 0.6) is 0 Å². The van der Waals surface area contributed by atoms with Gasteiger partial charge in [0.05, 0.1) is 12.5 Å². The highest BCUT2D eigenvalue weighted by atomic mass is 19.4. The minimum atomic E-state index is -4.83. The maximum atomic E-state index is 11.9. The predicted octanol–water partition coefficient (Wildman–Crippen LogP) is 1.65. The minimum absolute atomic E-state index is 0.289. The molecule has 1 aromatic heterocycles. The van der Waals surface area contributed by atoms with E-state index in [2.05, 4.69) is 4.98 Å². The van der Waals surface area contributed by atoms with Gasteiger partial charge >= 0.3 is 6.18 Å². The summed E-state index contributed by atoms with van der Waals surface area (Å²) < 4.78 is 37.0. The molecule has 0 N–H and O–H groups in total. The van der Waals surface area contributed by atoms with Gasteiger partial charge in [-0.2, -0.15) is 13.2 Å². The van der Waals surface area contributed by atoms with Crippen molar-refractivity contribution < 1.29 is 18.0 Å². The number of aryl methyl sites for hydroxylation is 1. The summed E-state index contributed by atoms with van der Waals surface area (Å²) in [5.41, 5.74) is -0.421. The Morgan fingerprint density at radius 1 is 1.62 bits per heavy atom. The van der Waals surface area contributed by atoms with Gasteiger partial charge in [-0.25, -0.2) is 4.98 Å². The first-order valence-corrected chi connectivity index (χ1v) is 3.58. The molecule has 0 radical (unpaired) electrons. The second-order valence-electron chi connectivity index (χ2n) is 2.39. The fourth-order valence-corrected chi connectivity index (χ4v) is 0.907. The molecule has 13 heavy (non-hydrogen) atoms. The van der Waals surface area contributed by atoms with Crippen molar-refractivity contribution in [2.24, 2.45) is 0 Å². The number of alkyl halides is 3. The zero-order chi connectivity index (χ0) is 10.1. The summed E-state index contributed by atoms with van der Waals surface area (Å²) in [4.78, 5) is 14.2. The van der Waals surface area contributed by atoms with Crippen LogP contribution in [0.15, 0.2) is 12.5 Å². The van der Waals surface area contributed by atoms with Crippen LogP contribution in [-0.4, -0.2) is 21.5 Å². The van der Waals surface area contributed by atoms with E-state index in [0.717, 1.165) is 10.8 Å². The van der Waals surface area contributed by atoms with Crippen LogP contribution in [0.4, 0.5) is 13.2 Å². The molecule has 1 aromatic rings. The van der Waals surface area contributed by atoms with Gasteiger partial charge in [-0.3, -0.25) is 4.79 Å². The molecule has 1 heterocycles. The van der Waals surface area contributed by atoms with Gasteiger partial charge in [0, 0.05) is 6.54 Å². The van der Waals surface area contributed by atoms with Crippen LogP contribution in [0.2, 0.25) is 0 Å². The Bertz CT molecular complexity index is 316. The number of imidazole rings is 1. The van der Waals surface area contributed by atoms with Crippen LogP contribution in [0.3, 0.4) is 0 Å². The van der Waals surface area contributed by atoms with Gasteiger partial charge in [-0.05, 0) is 6.92 Å². The molecule has 72 valence electrons. The number of rotatable bonds is 2. The Morgan fingerprint density at radius 2 is 2.23 bits per heavy atom. The molecular formula is C7H7F3N2O. The molecule has 3 nitrogen and oxygen atoms in total. The average molecular weight is 192 g/mol. The molecular weight excluding hydrogens is 185 g/mol. The molecule has 0 atom stereocenters. The molecule has 0 aliphatic rings. The molecule has 0 bridgehead atoms. The van der Waals surface area contributed by atoms with Crippen LogP contribution in [-0.2, 0) is 6.54 Å². The third-order valence-corrected chi connectivity index (χ3v) is 1.54. The van der Waals surface area contributed by atoms with Crippen molar-refractivity contribution in [2.75, 3.05) is 0 Å². The van der Waals surface area contributed by atoms with Gasteiger partial charge in [0.1, 0.15) is 5.69 Å². The van der Waals surface area contributed by atoms with Crippen molar-refractivity contribution in [3.63, 3.8) is 0 Å². The van der Waals surface area contributed by atoms with Gasteiger partial charge in [0.2, 0.25) is 0 Å². The van der Waals surface area contributed by atoms with E-state index in [1.807, 2.05) is 0 Å². The van der Waals surface area contributed by atoms with Crippen LogP contribution < -0.4 is 0 Å². The average Bonchev–Trinajstić information content (AvgIpc) is 2.48. The van der Waals surface area contributed by atoms with Crippen molar-refractivity contribution >= 4 is 5.78 Å². The van der Waals surface area contributed by atoms with E-state index in [1.165, 1.54) is 6.33 Å². The Balaban J connectivity index is 3.02. The molecule has 6 heteroatoms. The van der Waals surface area contributed by atoms with Crippen molar-refractivity contribution in [3.8, 4) is 0 Å². The number of carbonyl (C=O) groups excluding carboxylic acids is 1. The maximum Gasteiger partial charge on any atom is 0.456 e. The fraction of sp³-hybridized carbons (Fsp3) is 0.429. The largest absolute Gasteiger partial charge is 0.456 e. The third-order valence-electron chi connectivity index (χ3n) is 1.54. The normalized spacial score (nSPS) is 11.7. The number of hydrogen-bond acceptors (Lipinski definition) is 2. The van der Waals surface area contributed by atoms with E-state index in [-0.39, 0.29) is 6.54 Å². The highest BCUT2D eigenvalue weighted by Gasteiger charge is 2.40. The number of Topliss-reactive ketones (excluding diaryl/α,β-unsaturated/α-hetero) is 1. The number of hydrogen-bond donors (Lipinski definition) is 0. The number of nitrogens with zero attached hydrogens (tertiary/aromatic N) is 2. The van der Waals surface area contributed by atoms with Crippen molar-refractivity contribution in [1.82, 2.24) is 9.55 Å². The van der Waals surface area contributed by atoms with E-state index >= 15 is 0 Å². The van der Waals surface area contributed by atoms with Crippen molar-refractivity contribution in [1.29, 1.82) is 0 Å². The summed E-state index contributed by atoms with van der Waals surface area (Å²) in [6.45, 7) is 1.92. The van der Waals surface area contributed by atoms with Gasteiger partial charge in [-0.1, -0.05) is 0 Å². The van der Waals surface area contributed by atoms with Crippen molar-refractivity contribution in [2.45, 2.75) is 19.6 Å². The maximum absolute atomic E-state index is 11.9. The lowest BCUT2D eigenvalue weighted by atomic mass is 10.3. The summed E-state index contributed by atoms with van der Waals surface area (Å²) in [5.74, 6) is -1.85. The van der Waals surface area contributed by atoms with Gasteiger partial charge < -0.3 is 4.57 Å². The lowest BCUT2D eigenvalue weighted by molar-refractivity contribution is -0.0890. The molecule has 0 saturated carbocycles. The van der Waals surface area contributed by atoms with Gasteiger partial charge in [0.25, 0.3) is 5.78 Å². The lowest BCUT2D eigenvalue weighted by Gasteiger charge is -2.06. The highest BCUT2D eigenvalue weighted by Crippen LogP contribution is 2.20. The summed E-state index contributed by atoms with van der Waals surface area (Å²) in [6, 6.07) is 0. The fourth-order valence-electron chi connectivity index (χ4n) is 0.907. The SMILES string of the molecule is CCn1cncc1C(=O)C(F)(F)F. The molecule has 0 aliphatic heterocycles. The van der Waals surface area contributed by atoms with Crippen LogP contribution in [0, 0.1) is 0 Å². The smallest absolute Gasteiger partial charge is 0.328 e. The molecule has 0 unspecified atom stereocenters. The predicted molar refractivity (Wildman–Crippen MR) is 38.3 cm³/mol. The van der Waals surface area contributed by atoms with E-state index in [0.29, 0.717) is 0 Å². The Hall–Kier alpha value is -1.33. The summed E-state index contributed by atoms with van der Waals surface area (Å²) >= 11 is 0. The van der Waals surface area contributed by atoms with Gasteiger partial charge in [-0.15, -0.1) is 0 Å².